The molecule has 0 fully saturated rings. The number of hydrogen-bond acceptors (Lipinski definition) is 3. The largest absolute Gasteiger partial charge is 0.340 e. The van der Waals surface area contributed by atoms with Gasteiger partial charge in [0.05, 0.1) is 23.3 Å². The fourth-order valence-electron chi connectivity index (χ4n) is 1.36. The van der Waals surface area contributed by atoms with Gasteiger partial charge in [0.15, 0.2) is 0 Å². The maximum Gasteiger partial charge on any atom is 0.120 e. The minimum atomic E-state index is 0.121. The van der Waals surface area contributed by atoms with E-state index in [9.17, 15) is 0 Å². The molecule has 0 bridgehead atoms. The molecule has 2 aromatic heterocycles. The Balaban J connectivity index is 2.03. The Kier molecular flexibility index (Phi) is 3.12. The third kappa shape index (κ3) is 2.93. The second-order valence-electron chi connectivity index (χ2n) is 4.82. The quantitative estimate of drug-likeness (QED) is 0.858. The van der Waals surface area contributed by atoms with Crippen LogP contribution in [0.25, 0.3) is 10.6 Å². The van der Waals surface area contributed by atoms with Crippen molar-refractivity contribution in [2.45, 2.75) is 32.9 Å². The van der Waals surface area contributed by atoms with E-state index in [-0.39, 0.29) is 5.54 Å². The van der Waals surface area contributed by atoms with Gasteiger partial charge in [0.2, 0.25) is 0 Å². The van der Waals surface area contributed by atoms with E-state index in [1.54, 1.807) is 11.3 Å². The topological polar surface area (TPSA) is 40.7 Å². The summed E-state index contributed by atoms with van der Waals surface area (Å²) in [6.07, 6.45) is 1.89. The summed E-state index contributed by atoms with van der Waals surface area (Å²) >= 11 is 1.72. The third-order valence-electron chi connectivity index (χ3n) is 2.20. The number of nitrogens with zero attached hydrogens (tertiary/aromatic N) is 1. The highest BCUT2D eigenvalue weighted by Crippen LogP contribution is 2.22. The van der Waals surface area contributed by atoms with Crippen LogP contribution in [0.3, 0.4) is 0 Å². The molecular formula is C12H17N3S. The van der Waals surface area contributed by atoms with Crippen LogP contribution in [0.1, 0.15) is 26.6 Å². The molecule has 0 aliphatic rings. The Morgan fingerprint density at radius 2 is 2.25 bits per heavy atom. The van der Waals surface area contributed by atoms with E-state index in [1.807, 2.05) is 12.3 Å². The van der Waals surface area contributed by atoms with E-state index >= 15 is 0 Å². The number of aromatic nitrogens is 2. The van der Waals surface area contributed by atoms with Crippen LogP contribution >= 0.6 is 11.3 Å². The van der Waals surface area contributed by atoms with Crippen LogP contribution in [-0.4, -0.2) is 15.5 Å². The van der Waals surface area contributed by atoms with E-state index in [1.165, 1.54) is 4.88 Å². The van der Waals surface area contributed by atoms with Gasteiger partial charge in [-0.3, -0.25) is 0 Å². The first-order valence-corrected chi connectivity index (χ1v) is 6.25. The van der Waals surface area contributed by atoms with Gasteiger partial charge in [0.25, 0.3) is 0 Å². The van der Waals surface area contributed by atoms with Gasteiger partial charge in [0.1, 0.15) is 5.82 Å². The van der Waals surface area contributed by atoms with Crippen molar-refractivity contribution in [3.05, 3.63) is 29.5 Å². The van der Waals surface area contributed by atoms with Crippen molar-refractivity contribution in [3.8, 4) is 10.6 Å². The van der Waals surface area contributed by atoms with E-state index < -0.39 is 0 Å². The van der Waals surface area contributed by atoms with Crippen LogP contribution in [0.2, 0.25) is 0 Å². The predicted octanol–water partition coefficient (Wildman–Crippen LogP) is 3.03. The molecule has 3 nitrogen and oxygen atoms in total. The lowest BCUT2D eigenvalue weighted by Gasteiger charge is -2.19. The molecule has 0 saturated heterocycles. The Morgan fingerprint density at radius 1 is 1.44 bits per heavy atom. The van der Waals surface area contributed by atoms with Gasteiger partial charge in [-0.15, -0.1) is 11.3 Å². The Morgan fingerprint density at radius 3 is 2.88 bits per heavy atom. The second-order valence-corrected chi connectivity index (χ2v) is 5.77. The Labute approximate surface area is 99.9 Å². The van der Waals surface area contributed by atoms with Gasteiger partial charge in [-0.25, -0.2) is 4.98 Å². The molecule has 86 valence electrons. The molecular weight excluding hydrogens is 218 g/mol. The average molecular weight is 235 g/mol. The lowest BCUT2D eigenvalue weighted by molar-refractivity contribution is 0.418. The molecule has 2 heterocycles. The van der Waals surface area contributed by atoms with Crippen LogP contribution in [-0.2, 0) is 6.54 Å². The summed E-state index contributed by atoms with van der Waals surface area (Å²) in [6, 6.07) is 4.15. The summed E-state index contributed by atoms with van der Waals surface area (Å²) in [6.45, 7) is 7.22. The number of nitrogens with one attached hydrogen (secondary N) is 2. The lowest BCUT2D eigenvalue weighted by atomic mass is 10.1. The minimum Gasteiger partial charge on any atom is -0.340 e. The Bertz CT molecular complexity index is 437. The molecule has 0 unspecified atom stereocenters. The zero-order valence-corrected chi connectivity index (χ0v) is 10.7. The number of hydrogen-bond donors (Lipinski definition) is 2. The van der Waals surface area contributed by atoms with Crippen molar-refractivity contribution in [1.82, 2.24) is 15.3 Å². The fourth-order valence-corrected chi connectivity index (χ4v) is 2.05. The van der Waals surface area contributed by atoms with Crippen molar-refractivity contribution in [2.24, 2.45) is 0 Å². The summed E-state index contributed by atoms with van der Waals surface area (Å²) in [5.41, 5.74) is 1.22. The van der Waals surface area contributed by atoms with Gasteiger partial charge >= 0.3 is 0 Å². The predicted molar refractivity (Wildman–Crippen MR) is 68.5 cm³/mol. The zero-order valence-electron chi connectivity index (χ0n) is 9.87. The number of H-pyrrole nitrogens is 1. The number of rotatable bonds is 3. The van der Waals surface area contributed by atoms with E-state index in [0.29, 0.717) is 0 Å². The fraction of sp³-hybridized carbons (Fsp3) is 0.417. The maximum atomic E-state index is 4.36. The van der Waals surface area contributed by atoms with Crippen molar-refractivity contribution in [3.63, 3.8) is 0 Å². The highest BCUT2D eigenvalue weighted by atomic mass is 32.1. The molecule has 0 aliphatic carbocycles. The molecule has 2 aromatic rings. The van der Waals surface area contributed by atoms with Gasteiger partial charge in [-0.1, -0.05) is 6.07 Å². The normalized spacial score (nSPS) is 11.9. The van der Waals surface area contributed by atoms with Crippen molar-refractivity contribution in [2.75, 3.05) is 0 Å². The minimum absolute atomic E-state index is 0.121. The zero-order chi connectivity index (χ0) is 11.6. The van der Waals surface area contributed by atoms with Crippen LogP contribution < -0.4 is 5.32 Å². The Hall–Kier alpha value is -1.13. The molecule has 0 aromatic carbocycles. The number of thiophene rings is 1. The highest BCUT2D eigenvalue weighted by molar-refractivity contribution is 7.13. The van der Waals surface area contributed by atoms with Crippen molar-refractivity contribution >= 4 is 11.3 Å². The first-order valence-electron chi connectivity index (χ1n) is 5.37. The molecule has 16 heavy (non-hydrogen) atoms. The molecule has 0 saturated carbocycles. The van der Waals surface area contributed by atoms with Crippen molar-refractivity contribution < 1.29 is 0 Å². The summed E-state index contributed by atoms with van der Waals surface area (Å²) in [5, 5.41) is 5.48. The van der Waals surface area contributed by atoms with E-state index in [4.69, 9.17) is 0 Å². The highest BCUT2D eigenvalue weighted by Gasteiger charge is 2.10. The maximum absolute atomic E-state index is 4.36. The summed E-state index contributed by atoms with van der Waals surface area (Å²) in [7, 11) is 0. The standard InChI is InChI=1S/C12H17N3S/c1-12(2,3)14-8-11-13-7-9(15-11)10-5-4-6-16-10/h4-7,14H,8H2,1-3H3,(H,13,15). The summed E-state index contributed by atoms with van der Waals surface area (Å²) < 4.78 is 0. The molecule has 2 N–H and O–H groups in total. The van der Waals surface area contributed by atoms with Gasteiger partial charge in [-0.05, 0) is 32.2 Å². The smallest absolute Gasteiger partial charge is 0.120 e. The number of aromatic amines is 1. The van der Waals surface area contributed by atoms with Crippen LogP contribution in [0.5, 0.6) is 0 Å². The SMILES string of the molecule is CC(C)(C)NCc1ncc(-c2cccs2)[nH]1. The van der Waals surface area contributed by atoms with Gasteiger partial charge in [-0.2, -0.15) is 0 Å². The molecule has 0 amide bonds. The molecule has 0 radical (unpaired) electrons. The second kappa shape index (κ2) is 4.39. The monoisotopic (exact) mass is 235 g/mol. The average Bonchev–Trinajstić information content (AvgIpc) is 2.84. The lowest BCUT2D eigenvalue weighted by Crippen LogP contribution is -2.35. The van der Waals surface area contributed by atoms with Gasteiger partial charge in [0, 0.05) is 5.54 Å². The summed E-state index contributed by atoms with van der Waals surface area (Å²) in [4.78, 5) is 8.92. The van der Waals surface area contributed by atoms with Gasteiger partial charge < -0.3 is 10.3 Å². The first-order chi connectivity index (χ1) is 7.54. The molecule has 0 spiro atoms. The molecule has 0 atom stereocenters. The first kappa shape index (κ1) is 11.4. The molecule has 2 rings (SSSR count). The van der Waals surface area contributed by atoms with Crippen molar-refractivity contribution in [1.29, 1.82) is 0 Å². The third-order valence-corrected chi connectivity index (χ3v) is 3.10. The van der Waals surface area contributed by atoms with E-state index in [2.05, 4.69) is 47.5 Å². The summed E-state index contributed by atoms with van der Waals surface area (Å²) in [5.74, 6) is 0.985. The molecule has 4 heteroatoms. The van der Waals surface area contributed by atoms with Crippen LogP contribution in [0, 0.1) is 0 Å². The van der Waals surface area contributed by atoms with E-state index in [0.717, 1.165) is 18.1 Å². The molecule has 0 aliphatic heterocycles. The van der Waals surface area contributed by atoms with Crippen LogP contribution in [0.4, 0.5) is 0 Å². The number of imidazole rings is 1. The van der Waals surface area contributed by atoms with Crippen LogP contribution in [0.15, 0.2) is 23.7 Å².